The van der Waals surface area contributed by atoms with E-state index in [-0.39, 0.29) is 18.9 Å². The van der Waals surface area contributed by atoms with E-state index >= 15 is 0 Å². The number of hydrogen-bond donors (Lipinski definition) is 3. The number of halogens is 3. The molecule has 156 valence electrons. The molecule has 0 saturated carbocycles. The van der Waals surface area contributed by atoms with Crippen molar-refractivity contribution in [3.8, 4) is 11.1 Å². The predicted molar refractivity (Wildman–Crippen MR) is 103 cm³/mol. The Morgan fingerprint density at radius 1 is 1.07 bits per heavy atom. The van der Waals surface area contributed by atoms with Crippen molar-refractivity contribution >= 4 is 23.6 Å². The third-order valence-electron chi connectivity index (χ3n) is 3.89. The number of alkyl halides is 3. The van der Waals surface area contributed by atoms with Crippen LogP contribution in [0, 0.1) is 6.92 Å². The quantitative estimate of drug-likeness (QED) is 0.530. The van der Waals surface area contributed by atoms with E-state index in [0.717, 1.165) is 23.4 Å². The summed E-state index contributed by atoms with van der Waals surface area (Å²) in [6.45, 7) is 2.04. The van der Waals surface area contributed by atoms with Crippen LogP contribution in [0.3, 0.4) is 0 Å². The van der Waals surface area contributed by atoms with Gasteiger partial charge >= 0.3 is 12.1 Å². The molecule has 3 aromatic rings. The van der Waals surface area contributed by atoms with Gasteiger partial charge in [0.1, 0.15) is 5.69 Å². The van der Waals surface area contributed by atoms with Gasteiger partial charge in [-0.25, -0.2) is 19.9 Å². The molecule has 0 unspecified atom stereocenters. The number of aromatic nitrogens is 4. The third-order valence-corrected chi connectivity index (χ3v) is 3.89. The maximum Gasteiger partial charge on any atom is 0.433 e. The Morgan fingerprint density at radius 2 is 1.80 bits per heavy atom. The first kappa shape index (κ1) is 21.0. The Hall–Kier alpha value is -3.76. The molecule has 0 atom stereocenters. The molecule has 0 saturated heterocycles. The van der Waals surface area contributed by atoms with Crippen molar-refractivity contribution in [2.45, 2.75) is 19.5 Å². The van der Waals surface area contributed by atoms with Crippen LogP contribution in [0.4, 0.5) is 30.8 Å². The van der Waals surface area contributed by atoms with E-state index in [0.29, 0.717) is 17.2 Å². The molecule has 3 rings (SSSR count). The topological polar surface area (TPSA) is 113 Å². The van der Waals surface area contributed by atoms with Crippen molar-refractivity contribution in [1.29, 1.82) is 0 Å². The van der Waals surface area contributed by atoms with Gasteiger partial charge in [0.2, 0.25) is 11.9 Å². The average Bonchev–Trinajstić information content (AvgIpc) is 2.67. The van der Waals surface area contributed by atoms with Crippen LogP contribution >= 0.6 is 0 Å². The average molecular weight is 418 g/mol. The molecule has 0 fully saturated rings. The molecule has 0 spiro atoms. The van der Waals surface area contributed by atoms with Crippen molar-refractivity contribution in [2.75, 3.05) is 17.2 Å². The summed E-state index contributed by atoms with van der Waals surface area (Å²) in [5.41, 5.74) is 1.74. The third kappa shape index (κ3) is 5.63. The summed E-state index contributed by atoms with van der Waals surface area (Å²) >= 11 is 0. The number of rotatable bonds is 7. The highest BCUT2D eigenvalue weighted by Gasteiger charge is 2.32. The highest BCUT2D eigenvalue weighted by atomic mass is 19.4. The van der Waals surface area contributed by atoms with Crippen molar-refractivity contribution < 1.29 is 23.1 Å². The number of carbonyl (C=O) groups is 1. The maximum absolute atomic E-state index is 12.8. The molecule has 0 radical (unpaired) electrons. The van der Waals surface area contributed by atoms with Gasteiger partial charge in [0, 0.05) is 36.4 Å². The smallest absolute Gasteiger partial charge is 0.433 e. The Labute approximate surface area is 169 Å². The van der Waals surface area contributed by atoms with Gasteiger partial charge in [0.15, 0.2) is 0 Å². The van der Waals surface area contributed by atoms with Crippen LogP contribution in [0.5, 0.6) is 0 Å². The molecule has 2 aromatic heterocycles. The lowest BCUT2D eigenvalue weighted by Crippen LogP contribution is -2.10. The van der Waals surface area contributed by atoms with Crippen LogP contribution in [-0.4, -0.2) is 37.6 Å². The van der Waals surface area contributed by atoms with Crippen LogP contribution in [0.15, 0.2) is 42.9 Å². The van der Waals surface area contributed by atoms with Gasteiger partial charge in [-0.15, -0.1) is 0 Å². The summed E-state index contributed by atoms with van der Waals surface area (Å²) in [6, 6.07) is 6.13. The monoisotopic (exact) mass is 418 g/mol. The molecule has 0 bridgehead atoms. The zero-order valence-corrected chi connectivity index (χ0v) is 15.7. The van der Waals surface area contributed by atoms with Crippen LogP contribution in [-0.2, 0) is 11.0 Å². The summed E-state index contributed by atoms with van der Waals surface area (Å²) < 4.78 is 38.5. The summed E-state index contributed by atoms with van der Waals surface area (Å²) in [5, 5.41) is 14.2. The van der Waals surface area contributed by atoms with Gasteiger partial charge in [0.05, 0.1) is 6.42 Å². The van der Waals surface area contributed by atoms with Crippen molar-refractivity contribution in [3.05, 3.63) is 54.1 Å². The minimum absolute atomic E-state index is 0.0599. The van der Waals surface area contributed by atoms with Crippen molar-refractivity contribution in [1.82, 2.24) is 19.9 Å². The van der Waals surface area contributed by atoms with E-state index in [9.17, 15) is 18.0 Å². The van der Waals surface area contributed by atoms with Crippen LogP contribution in [0.2, 0.25) is 0 Å². The maximum atomic E-state index is 12.8. The fraction of sp³-hybridized carbons (Fsp3) is 0.211. The molecule has 0 aliphatic carbocycles. The number of nitrogens with zero attached hydrogens (tertiary/aromatic N) is 4. The first-order valence-corrected chi connectivity index (χ1v) is 8.78. The minimum Gasteiger partial charge on any atom is -0.481 e. The van der Waals surface area contributed by atoms with Crippen molar-refractivity contribution in [2.24, 2.45) is 0 Å². The van der Waals surface area contributed by atoms with Crippen molar-refractivity contribution in [3.63, 3.8) is 0 Å². The molecule has 3 N–H and O–H groups in total. The van der Waals surface area contributed by atoms with E-state index in [1.807, 2.05) is 13.0 Å². The molecule has 0 amide bonds. The number of benzene rings is 1. The number of aliphatic carboxylic acids is 1. The molecule has 2 heterocycles. The number of anilines is 3. The fourth-order valence-electron chi connectivity index (χ4n) is 2.58. The fourth-order valence-corrected chi connectivity index (χ4v) is 2.58. The standard InChI is InChI=1S/C19H17F3N6O2/c1-11-6-12(13-9-25-17(26-10-13)23-5-3-16(29)30)8-14(7-11)27-18-24-4-2-15(28-18)19(20,21)22/h2,4,6-10H,3,5H2,1H3,(H,29,30)(H,23,25,26)(H,24,27,28). The number of carboxylic acids is 1. The van der Waals surface area contributed by atoms with E-state index < -0.39 is 17.8 Å². The predicted octanol–water partition coefficient (Wildman–Crippen LogP) is 3.89. The van der Waals surface area contributed by atoms with E-state index in [1.54, 1.807) is 24.5 Å². The zero-order valence-electron chi connectivity index (χ0n) is 15.7. The molecule has 0 aliphatic heterocycles. The van der Waals surface area contributed by atoms with Gasteiger partial charge in [-0.3, -0.25) is 4.79 Å². The lowest BCUT2D eigenvalue weighted by atomic mass is 10.1. The first-order chi connectivity index (χ1) is 14.2. The molecule has 1 aromatic carbocycles. The highest BCUT2D eigenvalue weighted by Crippen LogP contribution is 2.29. The largest absolute Gasteiger partial charge is 0.481 e. The minimum atomic E-state index is -4.56. The van der Waals surface area contributed by atoms with Gasteiger partial charge in [0.25, 0.3) is 0 Å². The summed E-state index contributed by atoms with van der Waals surface area (Å²) in [5.74, 6) is -0.803. The SMILES string of the molecule is Cc1cc(Nc2nccc(C(F)(F)F)n2)cc(-c2cnc(NCCC(=O)O)nc2)c1. The van der Waals surface area contributed by atoms with Gasteiger partial charge < -0.3 is 15.7 Å². The molecule has 0 aliphatic rings. The number of aryl methyl sites for hydroxylation is 1. The summed E-state index contributed by atoms with van der Waals surface area (Å²) in [6.07, 6.45) is -0.450. The number of hydrogen-bond acceptors (Lipinski definition) is 7. The number of carboxylic acid groups (broad SMARTS) is 1. The highest BCUT2D eigenvalue weighted by molar-refractivity contribution is 5.70. The Morgan fingerprint density at radius 3 is 2.47 bits per heavy atom. The Kier molecular flexibility index (Phi) is 6.09. The lowest BCUT2D eigenvalue weighted by Gasteiger charge is -2.11. The second kappa shape index (κ2) is 8.72. The Bertz CT molecular complexity index is 1040. The van der Waals surface area contributed by atoms with Gasteiger partial charge in [-0.2, -0.15) is 13.2 Å². The molecular formula is C19H17F3N6O2. The van der Waals surface area contributed by atoms with E-state index in [1.165, 1.54) is 0 Å². The summed E-state index contributed by atoms with van der Waals surface area (Å²) in [4.78, 5) is 26.2. The van der Waals surface area contributed by atoms with E-state index in [2.05, 4.69) is 30.6 Å². The second-order valence-corrected chi connectivity index (χ2v) is 6.34. The lowest BCUT2D eigenvalue weighted by molar-refractivity contribution is -0.141. The first-order valence-electron chi connectivity index (χ1n) is 8.78. The Balaban J connectivity index is 1.78. The number of nitrogens with one attached hydrogen (secondary N) is 2. The molecule has 11 heteroatoms. The van der Waals surface area contributed by atoms with E-state index in [4.69, 9.17) is 5.11 Å². The van der Waals surface area contributed by atoms with Crippen LogP contribution < -0.4 is 10.6 Å². The van der Waals surface area contributed by atoms with Crippen LogP contribution in [0.1, 0.15) is 17.7 Å². The second-order valence-electron chi connectivity index (χ2n) is 6.34. The molecule has 8 nitrogen and oxygen atoms in total. The van der Waals surface area contributed by atoms with Gasteiger partial charge in [-0.1, -0.05) is 6.07 Å². The van der Waals surface area contributed by atoms with Crippen LogP contribution in [0.25, 0.3) is 11.1 Å². The molecule has 30 heavy (non-hydrogen) atoms. The molecular weight excluding hydrogens is 401 g/mol. The van der Waals surface area contributed by atoms with Gasteiger partial charge in [-0.05, 0) is 36.2 Å². The zero-order chi connectivity index (χ0) is 21.7. The summed E-state index contributed by atoms with van der Waals surface area (Å²) in [7, 11) is 0. The normalized spacial score (nSPS) is 11.2.